The van der Waals surface area contributed by atoms with E-state index in [1.54, 1.807) is 36.4 Å². The van der Waals surface area contributed by atoms with Crippen molar-refractivity contribution in [3.05, 3.63) is 89.5 Å². The number of carbonyl (C=O) groups excluding carboxylic acids is 1. The van der Waals surface area contributed by atoms with Gasteiger partial charge in [0, 0.05) is 36.6 Å². The second-order valence-electron chi connectivity index (χ2n) is 10.6. The quantitative estimate of drug-likeness (QED) is 0.0897. The lowest BCUT2D eigenvalue weighted by Crippen LogP contribution is -2.36. The molecule has 0 saturated carbocycles. The summed E-state index contributed by atoms with van der Waals surface area (Å²) in [5.74, 6) is 0.132. The van der Waals surface area contributed by atoms with Crippen molar-refractivity contribution in [3.63, 3.8) is 0 Å². The number of aliphatic carboxylic acids is 1. The number of likely N-dealkylation sites (tertiary alicyclic amines) is 1. The van der Waals surface area contributed by atoms with Crippen LogP contribution in [-0.2, 0) is 26.5 Å². The van der Waals surface area contributed by atoms with E-state index in [1.807, 2.05) is 36.1 Å². The summed E-state index contributed by atoms with van der Waals surface area (Å²) >= 11 is 0. The number of nitrogen functional groups attached to an aromatic ring is 1. The van der Waals surface area contributed by atoms with Gasteiger partial charge in [-0.15, -0.1) is 0 Å². The highest BCUT2D eigenvalue weighted by Crippen LogP contribution is 2.29. The van der Waals surface area contributed by atoms with Crippen LogP contribution in [0.1, 0.15) is 42.4 Å². The van der Waals surface area contributed by atoms with Gasteiger partial charge in [-0.05, 0) is 73.2 Å². The summed E-state index contributed by atoms with van der Waals surface area (Å²) in [4.78, 5) is 28.1. The topological polar surface area (TPSA) is 230 Å². The maximum atomic E-state index is 13.2. The summed E-state index contributed by atoms with van der Waals surface area (Å²) in [6, 6.07) is 22.2. The van der Waals surface area contributed by atoms with E-state index in [4.69, 9.17) is 43.9 Å². The van der Waals surface area contributed by atoms with Gasteiger partial charge in [-0.1, -0.05) is 36.4 Å². The molecular weight excluding hydrogens is 616 g/mol. The number of nitrogens with one attached hydrogen (secondary N) is 3. The van der Waals surface area contributed by atoms with Crippen molar-refractivity contribution >= 4 is 45.3 Å². The number of piperidine rings is 1. The van der Waals surface area contributed by atoms with Gasteiger partial charge in [0.25, 0.3) is 0 Å². The third kappa shape index (κ3) is 12.2. The molecule has 0 aromatic heterocycles. The molecule has 8 N–H and O–H groups in total. The van der Waals surface area contributed by atoms with Gasteiger partial charge in [0.1, 0.15) is 11.6 Å². The summed E-state index contributed by atoms with van der Waals surface area (Å²) in [5, 5.41) is 27.6. The molecule has 0 unspecified atom stereocenters. The van der Waals surface area contributed by atoms with Crippen LogP contribution in [0.4, 0.5) is 11.4 Å². The number of amides is 1. The number of ether oxygens (including phenoxy) is 1. The number of anilines is 2. The van der Waals surface area contributed by atoms with Crippen molar-refractivity contribution in [2.24, 2.45) is 5.73 Å². The number of carboxylic acids is 1. The van der Waals surface area contributed by atoms with E-state index in [0.29, 0.717) is 41.0 Å². The number of carboxylic acid groups (broad SMARTS) is 1. The Morgan fingerprint density at radius 2 is 1.65 bits per heavy atom. The van der Waals surface area contributed by atoms with Gasteiger partial charge in [0.2, 0.25) is 5.91 Å². The fourth-order valence-corrected chi connectivity index (χ4v) is 4.97. The Labute approximate surface area is 267 Å². The van der Waals surface area contributed by atoms with Crippen molar-refractivity contribution in [1.82, 2.24) is 4.90 Å². The molecule has 1 amide bonds. The molecule has 246 valence electrons. The molecule has 0 atom stereocenters. The SMILES string of the molecule is CC(=N)N1CCC(c2ccc(NC(=O)CN(Cc3cccc(OCC(=O)O)c3)c3cccc(C(=N)N)c3)cc2)CC1.O=S(=O)(O)O. The number of carbonyl (C=O) groups is 2. The maximum absolute atomic E-state index is 13.2. The van der Waals surface area contributed by atoms with Gasteiger partial charge < -0.3 is 30.7 Å². The van der Waals surface area contributed by atoms with Crippen LogP contribution in [0.5, 0.6) is 5.75 Å². The maximum Gasteiger partial charge on any atom is 0.394 e. The van der Waals surface area contributed by atoms with Crippen LogP contribution in [0.2, 0.25) is 0 Å². The van der Waals surface area contributed by atoms with Crippen LogP contribution in [-0.4, -0.2) is 77.3 Å². The van der Waals surface area contributed by atoms with Crippen molar-refractivity contribution < 1.29 is 37.0 Å². The number of benzene rings is 3. The zero-order valence-electron chi connectivity index (χ0n) is 25.2. The molecule has 46 heavy (non-hydrogen) atoms. The standard InChI is InChI=1S/C31H36N6O4.H2O4S/c1-21(32)36-14-12-24(13-15-36)23-8-10-26(11-9-23)35-29(38)19-37(27-6-3-5-25(17-27)31(33)34)18-22-4-2-7-28(16-22)41-20-30(39)40;1-5(2,3)4/h2-11,16-17,24,32H,12-15,18-20H2,1H3,(H3,33,34)(H,35,38)(H,39,40);(H2,1,2,3,4). The normalized spacial score (nSPS) is 13.2. The largest absolute Gasteiger partial charge is 0.482 e. The van der Waals surface area contributed by atoms with Gasteiger partial charge in [-0.3, -0.25) is 24.7 Å². The molecule has 3 aromatic rings. The van der Waals surface area contributed by atoms with Gasteiger partial charge in [0.15, 0.2) is 6.61 Å². The molecule has 3 aromatic carbocycles. The van der Waals surface area contributed by atoms with E-state index < -0.39 is 23.0 Å². The van der Waals surface area contributed by atoms with Gasteiger partial charge in [-0.25, -0.2) is 4.79 Å². The third-order valence-corrected chi connectivity index (χ3v) is 7.13. The number of rotatable bonds is 11. The Morgan fingerprint density at radius 3 is 2.24 bits per heavy atom. The second kappa shape index (κ2) is 16.4. The predicted molar refractivity (Wildman–Crippen MR) is 174 cm³/mol. The lowest BCUT2D eigenvalue weighted by Gasteiger charge is -2.33. The zero-order chi connectivity index (χ0) is 33.9. The van der Waals surface area contributed by atoms with E-state index >= 15 is 0 Å². The molecular formula is C31H38N6O8S. The summed E-state index contributed by atoms with van der Waals surface area (Å²) in [6.45, 7) is 3.52. The van der Waals surface area contributed by atoms with Crippen LogP contribution in [0.15, 0.2) is 72.8 Å². The summed E-state index contributed by atoms with van der Waals surface area (Å²) in [6.07, 6.45) is 2.00. The molecule has 1 aliphatic rings. The monoisotopic (exact) mass is 654 g/mol. The highest BCUT2D eigenvalue weighted by Gasteiger charge is 2.21. The van der Waals surface area contributed by atoms with Crippen LogP contribution < -0.4 is 20.7 Å². The molecule has 1 fully saturated rings. The first kappa shape index (κ1) is 35.5. The van der Waals surface area contributed by atoms with Crippen LogP contribution in [0.25, 0.3) is 0 Å². The highest BCUT2D eigenvalue weighted by molar-refractivity contribution is 7.79. The third-order valence-electron chi connectivity index (χ3n) is 7.13. The summed E-state index contributed by atoms with van der Waals surface area (Å²) < 4.78 is 36.9. The lowest BCUT2D eigenvalue weighted by molar-refractivity contribution is -0.139. The first-order chi connectivity index (χ1) is 21.7. The Hall–Kier alpha value is -4.99. The Morgan fingerprint density at radius 1 is 1.02 bits per heavy atom. The lowest BCUT2D eigenvalue weighted by atomic mass is 9.89. The molecule has 0 aliphatic carbocycles. The number of nitrogens with two attached hydrogens (primary N) is 1. The van der Waals surface area contributed by atoms with Gasteiger partial charge in [0.05, 0.1) is 12.4 Å². The average molecular weight is 655 g/mol. The van der Waals surface area contributed by atoms with Crippen molar-refractivity contribution in [2.75, 3.05) is 36.5 Å². The summed E-state index contributed by atoms with van der Waals surface area (Å²) in [5.41, 5.74) is 9.73. The number of hydrogen-bond donors (Lipinski definition) is 7. The van der Waals surface area contributed by atoms with E-state index in [0.717, 1.165) is 31.5 Å². The molecule has 1 aliphatic heterocycles. The van der Waals surface area contributed by atoms with Crippen molar-refractivity contribution in [2.45, 2.75) is 32.2 Å². The smallest absolute Gasteiger partial charge is 0.394 e. The Kier molecular flexibility index (Phi) is 12.6. The molecule has 14 nitrogen and oxygen atoms in total. The summed E-state index contributed by atoms with van der Waals surface area (Å²) in [7, 11) is -4.67. The number of nitrogens with zero attached hydrogens (tertiary/aromatic N) is 2. The minimum absolute atomic E-state index is 0.0325. The molecule has 0 spiro atoms. The van der Waals surface area contributed by atoms with Crippen molar-refractivity contribution in [3.8, 4) is 5.75 Å². The average Bonchev–Trinajstić information content (AvgIpc) is 2.99. The van der Waals surface area contributed by atoms with E-state index in [2.05, 4.69) is 22.3 Å². The van der Waals surface area contributed by atoms with Gasteiger partial charge in [-0.2, -0.15) is 8.42 Å². The van der Waals surface area contributed by atoms with E-state index in [9.17, 15) is 9.59 Å². The Bertz CT molecular complexity index is 1630. The molecule has 0 bridgehead atoms. The first-order valence-electron chi connectivity index (χ1n) is 14.2. The number of hydrogen-bond acceptors (Lipinski definition) is 8. The number of amidine groups is 2. The predicted octanol–water partition coefficient (Wildman–Crippen LogP) is 3.60. The molecule has 0 radical (unpaired) electrons. The van der Waals surface area contributed by atoms with E-state index in [-0.39, 0.29) is 18.3 Å². The second-order valence-corrected chi connectivity index (χ2v) is 11.5. The van der Waals surface area contributed by atoms with Crippen molar-refractivity contribution in [1.29, 1.82) is 10.8 Å². The molecule has 1 saturated heterocycles. The first-order valence-corrected chi connectivity index (χ1v) is 15.6. The molecule has 15 heteroatoms. The molecule has 1 heterocycles. The Balaban J connectivity index is 0.00000107. The van der Waals surface area contributed by atoms with E-state index in [1.165, 1.54) is 5.56 Å². The van der Waals surface area contributed by atoms with Crippen LogP contribution >= 0.6 is 0 Å². The minimum atomic E-state index is -4.67. The molecule has 4 rings (SSSR count). The van der Waals surface area contributed by atoms with Gasteiger partial charge >= 0.3 is 16.4 Å². The fraction of sp³-hybridized carbons (Fsp3) is 0.290. The highest BCUT2D eigenvalue weighted by atomic mass is 32.3. The van der Waals surface area contributed by atoms with Crippen LogP contribution in [0, 0.1) is 10.8 Å². The zero-order valence-corrected chi connectivity index (χ0v) is 26.0. The minimum Gasteiger partial charge on any atom is -0.482 e. The fourth-order valence-electron chi connectivity index (χ4n) is 4.97. The van der Waals surface area contributed by atoms with Crippen LogP contribution in [0.3, 0.4) is 0 Å².